The van der Waals surface area contributed by atoms with E-state index in [9.17, 15) is 4.79 Å². The lowest BCUT2D eigenvalue weighted by atomic mass is 10.2. The molecule has 1 aliphatic rings. The summed E-state index contributed by atoms with van der Waals surface area (Å²) in [6.07, 6.45) is 6.04. The standard InChI is InChI=1S/C14H12N2OS/c17-14(6-5-13-15-8-10-18-13)16-9-7-11-3-1-2-4-12(11)16/h1-6,8,10H,7,9H2/b6-5+. The van der Waals surface area contributed by atoms with Gasteiger partial charge in [0.2, 0.25) is 0 Å². The second-order valence-corrected chi connectivity index (χ2v) is 5.00. The highest BCUT2D eigenvalue weighted by Gasteiger charge is 2.22. The SMILES string of the molecule is O=C(/C=C/c1nccs1)N1CCc2ccccc21. The zero-order valence-corrected chi connectivity index (χ0v) is 10.6. The number of hydrogen-bond donors (Lipinski definition) is 0. The quantitative estimate of drug-likeness (QED) is 0.774. The molecule has 1 aliphatic heterocycles. The molecule has 0 bridgehead atoms. The Balaban J connectivity index is 1.79. The largest absolute Gasteiger partial charge is 0.308 e. The van der Waals surface area contributed by atoms with E-state index in [-0.39, 0.29) is 5.91 Å². The van der Waals surface area contributed by atoms with Crippen molar-refractivity contribution < 1.29 is 4.79 Å². The smallest absolute Gasteiger partial charge is 0.251 e. The van der Waals surface area contributed by atoms with Crippen LogP contribution >= 0.6 is 11.3 Å². The monoisotopic (exact) mass is 256 g/mol. The van der Waals surface area contributed by atoms with Gasteiger partial charge < -0.3 is 4.90 Å². The molecule has 1 aromatic carbocycles. The number of rotatable bonds is 2. The Kier molecular flexibility index (Phi) is 2.94. The topological polar surface area (TPSA) is 33.2 Å². The maximum Gasteiger partial charge on any atom is 0.251 e. The van der Waals surface area contributed by atoms with E-state index >= 15 is 0 Å². The van der Waals surface area contributed by atoms with Crippen LogP contribution < -0.4 is 4.90 Å². The minimum absolute atomic E-state index is 0.0233. The van der Waals surface area contributed by atoms with Gasteiger partial charge in [0.15, 0.2) is 0 Å². The minimum Gasteiger partial charge on any atom is -0.308 e. The van der Waals surface area contributed by atoms with Gasteiger partial charge in [-0.25, -0.2) is 4.98 Å². The summed E-state index contributed by atoms with van der Waals surface area (Å²) in [5.41, 5.74) is 2.28. The molecule has 18 heavy (non-hydrogen) atoms. The Morgan fingerprint density at radius 3 is 3.11 bits per heavy atom. The number of benzene rings is 1. The van der Waals surface area contributed by atoms with Crippen molar-refractivity contribution in [2.75, 3.05) is 11.4 Å². The number of amides is 1. The molecule has 0 unspecified atom stereocenters. The number of hydrogen-bond acceptors (Lipinski definition) is 3. The van der Waals surface area contributed by atoms with E-state index < -0.39 is 0 Å². The summed E-state index contributed by atoms with van der Waals surface area (Å²) in [6, 6.07) is 8.05. The Bertz CT molecular complexity index is 590. The maximum atomic E-state index is 12.1. The van der Waals surface area contributed by atoms with Crippen LogP contribution in [0.25, 0.3) is 6.08 Å². The Morgan fingerprint density at radius 2 is 2.28 bits per heavy atom. The maximum absolute atomic E-state index is 12.1. The normalized spacial score (nSPS) is 14.1. The van der Waals surface area contributed by atoms with Crippen LogP contribution in [0, 0.1) is 0 Å². The third kappa shape index (κ3) is 2.07. The highest BCUT2D eigenvalue weighted by molar-refractivity contribution is 7.10. The van der Waals surface area contributed by atoms with Gasteiger partial charge >= 0.3 is 0 Å². The zero-order chi connectivity index (χ0) is 12.4. The van der Waals surface area contributed by atoms with Crippen LogP contribution in [0.3, 0.4) is 0 Å². The van der Waals surface area contributed by atoms with Crippen molar-refractivity contribution in [3.63, 3.8) is 0 Å². The minimum atomic E-state index is 0.0233. The summed E-state index contributed by atoms with van der Waals surface area (Å²) in [5, 5.41) is 2.76. The fourth-order valence-electron chi connectivity index (χ4n) is 2.12. The summed E-state index contributed by atoms with van der Waals surface area (Å²) in [6.45, 7) is 0.764. The van der Waals surface area contributed by atoms with Crippen LogP contribution in [0.1, 0.15) is 10.6 Å². The third-order valence-corrected chi connectivity index (χ3v) is 3.71. The molecule has 0 saturated carbocycles. The van der Waals surface area contributed by atoms with Crippen LogP contribution in [-0.2, 0) is 11.2 Å². The average molecular weight is 256 g/mol. The summed E-state index contributed by atoms with van der Waals surface area (Å²) >= 11 is 1.52. The van der Waals surface area contributed by atoms with Crippen LogP contribution in [-0.4, -0.2) is 17.4 Å². The van der Waals surface area contributed by atoms with Gasteiger partial charge in [-0.3, -0.25) is 4.79 Å². The highest BCUT2D eigenvalue weighted by atomic mass is 32.1. The van der Waals surface area contributed by atoms with Crippen molar-refractivity contribution in [1.82, 2.24) is 4.98 Å². The van der Waals surface area contributed by atoms with Crippen molar-refractivity contribution in [2.45, 2.75) is 6.42 Å². The first kappa shape index (κ1) is 11.2. The van der Waals surface area contributed by atoms with Crippen LogP contribution in [0.15, 0.2) is 41.9 Å². The molecule has 1 amide bonds. The summed E-state index contributed by atoms with van der Waals surface area (Å²) in [7, 11) is 0. The molecule has 0 fully saturated rings. The number of aromatic nitrogens is 1. The summed E-state index contributed by atoms with van der Waals surface area (Å²) < 4.78 is 0. The average Bonchev–Trinajstić information content (AvgIpc) is 3.05. The van der Waals surface area contributed by atoms with Gasteiger partial charge in [0.1, 0.15) is 5.01 Å². The van der Waals surface area contributed by atoms with E-state index in [1.165, 1.54) is 16.9 Å². The number of thiazole rings is 1. The van der Waals surface area contributed by atoms with Crippen molar-refractivity contribution in [2.24, 2.45) is 0 Å². The molecule has 3 nitrogen and oxygen atoms in total. The number of carbonyl (C=O) groups excluding carboxylic acids is 1. The molecule has 3 rings (SSSR count). The number of fused-ring (bicyclic) bond motifs is 1. The van der Waals surface area contributed by atoms with Crippen LogP contribution in [0.2, 0.25) is 0 Å². The Morgan fingerprint density at radius 1 is 1.39 bits per heavy atom. The molecule has 4 heteroatoms. The molecule has 2 aromatic rings. The highest BCUT2D eigenvalue weighted by Crippen LogP contribution is 2.27. The Hall–Kier alpha value is -1.94. The number of carbonyl (C=O) groups is 1. The van der Waals surface area contributed by atoms with Crippen LogP contribution in [0.5, 0.6) is 0 Å². The lowest BCUT2D eigenvalue weighted by molar-refractivity contribution is -0.114. The second kappa shape index (κ2) is 4.74. The molecular formula is C14H12N2OS. The van der Waals surface area contributed by atoms with Gasteiger partial charge in [0.25, 0.3) is 5.91 Å². The van der Waals surface area contributed by atoms with E-state index in [0.29, 0.717) is 0 Å². The molecule has 0 N–H and O–H groups in total. The fourth-order valence-corrected chi connectivity index (χ4v) is 2.65. The molecule has 0 saturated heterocycles. The molecule has 90 valence electrons. The first-order valence-electron chi connectivity index (χ1n) is 5.81. The first-order chi connectivity index (χ1) is 8.84. The lowest BCUT2D eigenvalue weighted by Gasteiger charge is -2.14. The van der Waals surface area contributed by atoms with Gasteiger partial charge in [-0.1, -0.05) is 18.2 Å². The number of nitrogens with zero attached hydrogens (tertiary/aromatic N) is 2. The number of anilines is 1. The molecule has 0 atom stereocenters. The van der Waals surface area contributed by atoms with Gasteiger partial charge in [0.05, 0.1) is 0 Å². The van der Waals surface area contributed by atoms with E-state index in [1.54, 1.807) is 18.3 Å². The summed E-state index contributed by atoms with van der Waals surface area (Å²) in [4.78, 5) is 18.1. The predicted molar refractivity (Wildman–Crippen MR) is 73.6 cm³/mol. The first-order valence-corrected chi connectivity index (χ1v) is 6.69. The molecule has 1 aromatic heterocycles. The zero-order valence-electron chi connectivity index (χ0n) is 9.74. The molecule has 0 radical (unpaired) electrons. The molecule has 0 aliphatic carbocycles. The predicted octanol–water partition coefficient (Wildman–Crippen LogP) is 2.75. The molecule has 0 spiro atoms. The van der Waals surface area contributed by atoms with Crippen LogP contribution in [0.4, 0.5) is 5.69 Å². The number of para-hydroxylation sites is 1. The van der Waals surface area contributed by atoms with E-state index in [1.807, 2.05) is 28.5 Å². The van der Waals surface area contributed by atoms with Gasteiger partial charge in [-0.2, -0.15) is 0 Å². The van der Waals surface area contributed by atoms with Gasteiger partial charge in [-0.15, -0.1) is 11.3 Å². The van der Waals surface area contributed by atoms with Crippen molar-refractivity contribution in [1.29, 1.82) is 0 Å². The second-order valence-electron chi connectivity index (χ2n) is 4.07. The fraction of sp³-hybridized carbons (Fsp3) is 0.143. The van der Waals surface area contributed by atoms with E-state index in [2.05, 4.69) is 11.1 Å². The van der Waals surface area contributed by atoms with Crippen molar-refractivity contribution in [3.8, 4) is 0 Å². The van der Waals surface area contributed by atoms with Crippen molar-refractivity contribution in [3.05, 3.63) is 52.5 Å². The van der Waals surface area contributed by atoms with Gasteiger partial charge in [0, 0.05) is 29.9 Å². The molecule has 2 heterocycles. The van der Waals surface area contributed by atoms with E-state index in [4.69, 9.17) is 0 Å². The summed E-state index contributed by atoms with van der Waals surface area (Å²) in [5.74, 6) is 0.0233. The molecular weight excluding hydrogens is 244 g/mol. The lowest BCUT2D eigenvalue weighted by Crippen LogP contribution is -2.26. The van der Waals surface area contributed by atoms with Crippen molar-refractivity contribution >= 4 is 29.0 Å². The van der Waals surface area contributed by atoms with Gasteiger partial charge in [-0.05, 0) is 24.1 Å². The van der Waals surface area contributed by atoms with E-state index in [0.717, 1.165) is 23.7 Å². The Labute approximate surface area is 109 Å². The third-order valence-electron chi connectivity index (χ3n) is 2.97.